The molecule has 0 fully saturated rings. The first-order valence-corrected chi connectivity index (χ1v) is 6.50. The highest BCUT2D eigenvalue weighted by Crippen LogP contribution is 2.16. The van der Waals surface area contributed by atoms with Crippen molar-refractivity contribution in [1.82, 2.24) is 14.8 Å². The largest absolute Gasteiger partial charge is 0.256 e. The Hall–Kier alpha value is -3.19. The highest BCUT2D eigenvalue weighted by Gasteiger charge is 2.04. The lowest BCUT2D eigenvalue weighted by atomic mass is 10.1. The van der Waals surface area contributed by atoms with Crippen LogP contribution in [0.2, 0.25) is 0 Å². The fraction of sp³-hybridized carbons (Fsp3) is 0. The molecule has 0 saturated carbocycles. The van der Waals surface area contributed by atoms with Gasteiger partial charge in [0.25, 0.3) is 0 Å². The molecule has 0 aliphatic heterocycles. The van der Waals surface area contributed by atoms with Crippen molar-refractivity contribution in [1.29, 1.82) is 5.26 Å². The van der Waals surface area contributed by atoms with Gasteiger partial charge < -0.3 is 0 Å². The first-order valence-electron chi connectivity index (χ1n) is 6.50. The molecule has 3 rings (SSSR count). The van der Waals surface area contributed by atoms with Crippen LogP contribution >= 0.6 is 0 Å². The summed E-state index contributed by atoms with van der Waals surface area (Å²) in [6.45, 7) is 0. The van der Waals surface area contributed by atoms with Gasteiger partial charge in [-0.25, -0.2) is 4.68 Å². The smallest absolute Gasteiger partial charge is 0.101 e. The number of benzene rings is 1. The van der Waals surface area contributed by atoms with E-state index < -0.39 is 0 Å². The number of rotatable bonds is 3. The molecule has 0 aliphatic rings. The maximum atomic E-state index is 9.28. The minimum Gasteiger partial charge on any atom is -0.256 e. The summed E-state index contributed by atoms with van der Waals surface area (Å²) in [4.78, 5) is 4.19. The summed E-state index contributed by atoms with van der Waals surface area (Å²) in [5.41, 5.74) is 3.02. The first kappa shape index (κ1) is 12.8. The zero-order valence-corrected chi connectivity index (χ0v) is 11.2. The molecular weight excluding hydrogens is 260 g/mol. The highest BCUT2D eigenvalue weighted by atomic mass is 15.3. The molecule has 3 aromatic rings. The average Bonchev–Trinajstić information content (AvgIpc) is 3.03. The van der Waals surface area contributed by atoms with E-state index in [2.05, 4.69) is 16.2 Å². The van der Waals surface area contributed by atoms with Crippen LogP contribution in [-0.2, 0) is 0 Å². The minimum atomic E-state index is 0.517. The first-order chi connectivity index (χ1) is 10.4. The molecular formula is C17H12N4. The predicted octanol–water partition coefficient (Wildman–Crippen LogP) is 3.33. The van der Waals surface area contributed by atoms with Crippen LogP contribution in [-0.4, -0.2) is 14.8 Å². The van der Waals surface area contributed by atoms with Crippen molar-refractivity contribution in [3.63, 3.8) is 0 Å². The Labute approximate surface area is 122 Å². The molecule has 1 aromatic carbocycles. The molecule has 0 aliphatic carbocycles. The number of allylic oxidation sites excluding steroid dienone is 1. The molecule has 0 saturated heterocycles. The predicted molar refractivity (Wildman–Crippen MR) is 81.3 cm³/mol. The topological polar surface area (TPSA) is 54.5 Å². The van der Waals surface area contributed by atoms with E-state index in [1.54, 1.807) is 23.2 Å². The van der Waals surface area contributed by atoms with Crippen LogP contribution in [0.3, 0.4) is 0 Å². The van der Waals surface area contributed by atoms with Crippen molar-refractivity contribution >= 4 is 11.6 Å². The fourth-order valence-corrected chi connectivity index (χ4v) is 1.99. The number of aromatic nitrogens is 3. The van der Waals surface area contributed by atoms with E-state index in [-0.39, 0.29) is 0 Å². The van der Waals surface area contributed by atoms with Crippen molar-refractivity contribution in [3.05, 3.63) is 78.4 Å². The molecule has 0 N–H and O–H groups in total. The van der Waals surface area contributed by atoms with Crippen LogP contribution in [0.4, 0.5) is 0 Å². The minimum absolute atomic E-state index is 0.517. The summed E-state index contributed by atoms with van der Waals surface area (Å²) in [6.07, 6.45) is 7.07. The van der Waals surface area contributed by atoms with E-state index in [0.717, 1.165) is 11.3 Å². The van der Waals surface area contributed by atoms with Crippen molar-refractivity contribution in [2.75, 3.05) is 0 Å². The second-order valence-corrected chi connectivity index (χ2v) is 4.44. The zero-order valence-electron chi connectivity index (χ0n) is 11.2. The molecule has 21 heavy (non-hydrogen) atoms. The van der Waals surface area contributed by atoms with Gasteiger partial charge in [0, 0.05) is 18.0 Å². The van der Waals surface area contributed by atoms with Crippen molar-refractivity contribution in [2.45, 2.75) is 0 Å². The van der Waals surface area contributed by atoms with E-state index in [1.165, 1.54) is 0 Å². The van der Waals surface area contributed by atoms with Crippen LogP contribution in [0.1, 0.15) is 11.3 Å². The maximum absolute atomic E-state index is 9.28. The third-order valence-electron chi connectivity index (χ3n) is 3.00. The summed E-state index contributed by atoms with van der Waals surface area (Å²) in [5.74, 6) is 0. The molecule has 100 valence electrons. The molecule has 0 atom stereocenters. The van der Waals surface area contributed by atoms with Gasteiger partial charge in [0.05, 0.1) is 23.2 Å². The van der Waals surface area contributed by atoms with E-state index in [1.807, 2.05) is 54.7 Å². The normalized spacial score (nSPS) is 11.1. The Bertz CT molecular complexity index is 796. The third-order valence-corrected chi connectivity index (χ3v) is 3.00. The zero-order chi connectivity index (χ0) is 14.5. The Kier molecular flexibility index (Phi) is 3.57. The maximum Gasteiger partial charge on any atom is 0.101 e. The highest BCUT2D eigenvalue weighted by molar-refractivity contribution is 5.87. The van der Waals surface area contributed by atoms with Gasteiger partial charge in [-0.1, -0.05) is 24.3 Å². The Morgan fingerprint density at radius 2 is 1.90 bits per heavy atom. The van der Waals surface area contributed by atoms with Gasteiger partial charge in [-0.05, 0) is 30.3 Å². The van der Waals surface area contributed by atoms with Crippen molar-refractivity contribution in [3.8, 4) is 11.8 Å². The summed E-state index contributed by atoms with van der Waals surface area (Å²) in [5, 5.41) is 13.6. The Balaban J connectivity index is 1.93. The fourth-order valence-electron chi connectivity index (χ4n) is 1.99. The SMILES string of the molecule is N#C/C(=C/c1cnn(-c2ccccc2)c1)c1ccccn1. The van der Waals surface area contributed by atoms with Crippen LogP contribution in [0.25, 0.3) is 17.3 Å². The van der Waals surface area contributed by atoms with Crippen LogP contribution < -0.4 is 0 Å². The van der Waals surface area contributed by atoms with Crippen molar-refractivity contribution in [2.24, 2.45) is 0 Å². The Morgan fingerprint density at radius 1 is 1.10 bits per heavy atom. The molecule has 4 heteroatoms. The second kappa shape index (κ2) is 5.85. The van der Waals surface area contributed by atoms with Crippen LogP contribution in [0.15, 0.2) is 67.1 Å². The van der Waals surface area contributed by atoms with Crippen LogP contribution in [0.5, 0.6) is 0 Å². The lowest BCUT2D eigenvalue weighted by molar-refractivity contribution is 0.880. The molecule has 0 amide bonds. The third kappa shape index (κ3) is 2.88. The summed E-state index contributed by atoms with van der Waals surface area (Å²) in [6, 6.07) is 17.5. The number of hydrogen-bond donors (Lipinski definition) is 0. The van der Waals surface area contributed by atoms with E-state index in [0.29, 0.717) is 11.3 Å². The number of nitrogens with zero attached hydrogens (tertiary/aromatic N) is 4. The van der Waals surface area contributed by atoms with Crippen LogP contribution in [0, 0.1) is 11.3 Å². The lowest BCUT2D eigenvalue weighted by Gasteiger charge is -1.98. The number of nitriles is 1. The van der Waals surface area contributed by atoms with Gasteiger partial charge in [-0.15, -0.1) is 0 Å². The van der Waals surface area contributed by atoms with Gasteiger partial charge in [0.2, 0.25) is 0 Å². The van der Waals surface area contributed by atoms with Gasteiger partial charge in [0.1, 0.15) is 6.07 Å². The van der Waals surface area contributed by atoms with Crippen molar-refractivity contribution < 1.29 is 0 Å². The quantitative estimate of drug-likeness (QED) is 0.687. The Morgan fingerprint density at radius 3 is 2.62 bits per heavy atom. The van der Waals surface area contributed by atoms with E-state index >= 15 is 0 Å². The number of hydrogen-bond acceptors (Lipinski definition) is 3. The standard InChI is InChI=1S/C17H12N4/c18-11-15(17-8-4-5-9-19-17)10-14-12-20-21(13-14)16-6-2-1-3-7-16/h1-10,12-13H/b15-10-. The number of para-hydroxylation sites is 1. The van der Waals surface area contributed by atoms with E-state index in [9.17, 15) is 5.26 Å². The molecule has 0 radical (unpaired) electrons. The lowest BCUT2D eigenvalue weighted by Crippen LogP contribution is -1.92. The van der Waals surface area contributed by atoms with Gasteiger partial charge in [-0.2, -0.15) is 10.4 Å². The van der Waals surface area contributed by atoms with Gasteiger partial charge >= 0.3 is 0 Å². The molecule has 0 bridgehead atoms. The average molecular weight is 272 g/mol. The number of pyridine rings is 1. The van der Waals surface area contributed by atoms with E-state index in [4.69, 9.17) is 0 Å². The molecule has 4 nitrogen and oxygen atoms in total. The molecule has 2 aromatic heterocycles. The summed E-state index contributed by atoms with van der Waals surface area (Å²) < 4.78 is 1.78. The molecule has 0 spiro atoms. The monoisotopic (exact) mass is 272 g/mol. The molecule has 2 heterocycles. The molecule has 0 unspecified atom stereocenters. The second-order valence-electron chi connectivity index (χ2n) is 4.44. The van der Waals surface area contributed by atoms with Gasteiger partial charge in [0.15, 0.2) is 0 Å². The summed E-state index contributed by atoms with van der Waals surface area (Å²) >= 11 is 0. The summed E-state index contributed by atoms with van der Waals surface area (Å²) in [7, 11) is 0. The van der Waals surface area contributed by atoms with Gasteiger partial charge in [-0.3, -0.25) is 4.98 Å².